The van der Waals surface area contributed by atoms with E-state index in [9.17, 15) is 0 Å². The van der Waals surface area contributed by atoms with E-state index >= 15 is 0 Å². The van der Waals surface area contributed by atoms with Gasteiger partial charge in [0, 0.05) is 24.3 Å². The third kappa shape index (κ3) is 2.38. The number of likely N-dealkylation sites (tertiary alicyclic amines) is 1. The van der Waals surface area contributed by atoms with Crippen molar-refractivity contribution >= 4 is 0 Å². The fourth-order valence-corrected chi connectivity index (χ4v) is 2.99. The molecule has 2 rings (SSSR count). The van der Waals surface area contributed by atoms with Crippen molar-refractivity contribution in [3.63, 3.8) is 0 Å². The molecule has 1 N–H and O–H groups in total. The van der Waals surface area contributed by atoms with Crippen LogP contribution in [0.4, 0.5) is 0 Å². The number of likely N-dealkylation sites (N-methyl/N-ethyl adjacent to an activating group) is 1. The van der Waals surface area contributed by atoms with Crippen LogP contribution in [-0.4, -0.2) is 40.4 Å². The number of aryl methyl sites for hydroxylation is 1. The van der Waals surface area contributed by atoms with Crippen molar-refractivity contribution in [3.05, 3.63) is 18.0 Å². The van der Waals surface area contributed by atoms with Crippen LogP contribution in [0.2, 0.25) is 0 Å². The molecule has 0 saturated carbocycles. The highest BCUT2D eigenvalue weighted by atomic mass is 15.3. The second kappa shape index (κ2) is 4.78. The van der Waals surface area contributed by atoms with Crippen LogP contribution in [0.15, 0.2) is 12.4 Å². The highest BCUT2D eigenvalue weighted by Gasteiger charge is 2.37. The predicted molar refractivity (Wildman–Crippen MR) is 69.9 cm³/mol. The Morgan fingerprint density at radius 3 is 2.47 bits per heavy atom. The lowest BCUT2D eigenvalue weighted by molar-refractivity contribution is 0.110. The Morgan fingerprint density at radius 1 is 1.35 bits per heavy atom. The van der Waals surface area contributed by atoms with Gasteiger partial charge >= 0.3 is 0 Å². The smallest absolute Gasteiger partial charge is 0.0538 e. The molecule has 0 radical (unpaired) electrons. The lowest BCUT2D eigenvalue weighted by atomic mass is 9.88. The summed E-state index contributed by atoms with van der Waals surface area (Å²) in [7, 11) is 4.01. The lowest BCUT2D eigenvalue weighted by Gasteiger charge is -2.41. The monoisotopic (exact) mass is 236 g/mol. The third-order valence-electron chi connectivity index (χ3n) is 3.97. The largest absolute Gasteiger partial charge is 0.311 e. The normalized spacial score (nSPS) is 19.8. The Hall–Kier alpha value is -0.870. The molecule has 1 atom stereocenters. The summed E-state index contributed by atoms with van der Waals surface area (Å²) < 4.78 is 1.87. The fourth-order valence-electron chi connectivity index (χ4n) is 2.99. The second-order valence-corrected chi connectivity index (χ2v) is 5.52. The quantitative estimate of drug-likeness (QED) is 0.861. The molecule has 1 fully saturated rings. The van der Waals surface area contributed by atoms with Crippen LogP contribution in [0.3, 0.4) is 0 Å². The molecule has 4 heteroatoms. The summed E-state index contributed by atoms with van der Waals surface area (Å²) in [6.45, 7) is 7.08. The maximum Gasteiger partial charge on any atom is 0.0538 e. The van der Waals surface area contributed by atoms with Gasteiger partial charge in [-0.3, -0.25) is 9.58 Å². The van der Waals surface area contributed by atoms with Gasteiger partial charge in [0.25, 0.3) is 0 Å². The van der Waals surface area contributed by atoms with E-state index in [1.807, 2.05) is 25.0 Å². The van der Waals surface area contributed by atoms with Crippen molar-refractivity contribution in [2.75, 3.05) is 20.1 Å². The second-order valence-electron chi connectivity index (χ2n) is 5.52. The van der Waals surface area contributed by atoms with Crippen LogP contribution in [-0.2, 0) is 7.05 Å². The molecule has 2 heterocycles. The van der Waals surface area contributed by atoms with Crippen molar-refractivity contribution in [1.29, 1.82) is 0 Å². The molecule has 1 aliphatic heterocycles. The van der Waals surface area contributed by atoms with Crippen LogP contribution in [0.25, 0.3) is 0 Å². The van der Waals surface area contributed by atoms with E-state index in [-0.39, 0.29) is 5.54 Å². The van der Waals surface area contributed by atoms with Gasteiger partial charge in [0.15, 0.2) is 0 Å². The van der Waals surface area contributed by atoms with Gasteiger partial charge in [-0.25, -0.2) is 0 Å². The average molecular weight is 236 g/mol. The van der Waals surface area contributed by atoms with Crippen LogP contribution in [0, 0.1) is 0 Å². The topological polar surface area (TPSA) is 33.1 Å². The molecule has 0 aliphatic carbocycles. The van der Waals surface area contributed by atoms with E-state index in [0.717, 1.165) is 0 Å². The summed E-state index contributed by atoms with van der Waals surface area (Å²) in [5, 5.41) is 7.74. The van der Waals surface area contributed by atoms with Crippen molar-refractivity contribution in [2.45, 2.75) is 38.3 Å². The minimum atomic E-state index is 0.133. The molecule has 1 aromatic rings. The number of nitrogens with zero attached hydrogens (tertiary/aromatic N) is 3. The number of nitrogens with one attached hydrogen (secondary N) is 1. The number of hydrogen-bond acceptors (Lipinski definition) is 3. The maximum atomic E-state index is 4.28. The van der Waals surface area contributed by atoms with Gasteiger partial charge in [-0.15, -0.1) is 0 Å². The Bertz CT molecular complexity index is 363. The molecule has 1 unspecified atom stereocenters. The molecule has 0 aromatic carbocycles. The molecule has 96 valence electrons. The van der Waals surface area contributed by atoms with Gasteiger partial charge in [0.1, 0.15) is 0 Å². The van der Waals surface area contributed by atoms with Crippen LogP contribution in [0.5, 0.6) is 0 Å². The summed E-state index contributed by atoms with van der Waals surface area (Å²) >= 11 is 0. The first-order chi connectivity index (χ1) is 8.05. The van der Waals surface area contributed by atoms with E-state index in [4.69, 9.17) is 0 Å². The maximum absolute atomic E-state index is 4.28. The zero-order valence-electron chi connectivity index (χ0n) is 11.4. The zero-order valence-corrected chi connectivity index (χ0v) is 11.4. The molecular formula is C13H24N4. The minimum Gasteiger partial charge on any atom is -0.311 e. The number of rotatable bonds is 4. The zero-order chi connectivity index (χ0) is 12.5. The lowest BCUT2D eigenvalue weighted by Crippen LogP contribution is -2.50. The van der Waals surface area contributed by atoms with E-state index in [0.29, 0.717) is 6.04 Å². The van der Waals surface area contributed by atoms with Gasteiger partial charge in [0.05, 0.1) is 12.2 Å². The molecule has 1 saturated heterocycles. The van der Waals surface area contributed by atoms with E-state index in [2.05, 4.69) is 35.4 Å². The third-order valence-corrected chi connectivity index (χ3v) is 3.97. The van der Waals surface area contributed by atoms with Crippen molar-refractivity contribution < 1.29 is 0 Å². The molecule has 0 spiro atoms. The highest BCUT2D eigenvalue weighted by Crippen LogP contribution is 2.32. The first-order valence-corrected chi connectivity index (χ1v) is 6.46. The summed E-state index contributed by atoms with van der Waals surface area (Å²) in [6, 6.07) is 0.328. The van der Waals surface area contributed by atoms with Gasteiger partial charge < -0.3 is 5.32 Å². The number of hydrogen-bond donors (Lipinski definition) is 1. The molecule has 4 nitrogen and oxygen atoms in total. The van der Waals surface area contributed by atoms with Gasteiger partial charge in [-0.05, 0) is 46.8 Å². The summed E-state index contributed by atoms with van der Waals surface area (Å²) in [5.41, 5.74) is 1.40. The Kier molecular flexibility index (Phi) is 3.54. The average Bonchev–Trinajstić information content (AvgIpc) is 2.89. The van der Waals surface area contributed by atoms with Gasteiger partial charge in [0.2, 0.25) is 0 Å². The van der Waals surface area contributed by atoms with E-state index in [1.165, 1.54) is 31.5 Å². The van der Waals surface area contributed by atoms with Crippen LogP contribution >= 0.6 is 0 Å². The highest BCUT2D eigenvalue weighted by molar-refractivity contribution is 5.16. The first kappa shape index (κ1) is 12.6. The first-order valence-electron chi connectivity index (χ1n) is 6.46. The summed E-state index contributed by atoms with van der Waals surface area (Å²) in [5.74, 6) is 0. The van der Waals surface area contributed by atoms with Crippen molar-refractivity contribution in [3.8, 4) is 0 Å². The SMILES string of the molecule is CNC(c1cnn(C)c1)C(C)(C)N1CCCC1. The molecule has 17 heavy (non-hydrogen) atoms. The van der Waals surface area contributed by atoms with Gasteiger partial charge in [-0.2, -0.15) is 5.10 Å². The predicted octanol–water partition coefficient (Wildman–Crippen LogP) is 1.55. The van der Waals surface area contributed by atoms with Gasteiger partial charge in [-0.1, -0.05) is 0 Å². The van der Waals surface area contributed by atoms with Crippen LogP contribution in [0.1, 0.15) is 38.3 Å². The Morgan fingerprint density at radius 2 is 2.00 bits per heavy atom. The molecule has 1 aliphatic rings. The van der Waals surface area contributed by atoms with E-state index < -0.39 is 0 Å². The summed E-state index contributed by atoms with van der Waals surface area (Å²) in [4.78, 5) is 2.58. The Labute approximate surface area is 104 Å². The molecule has 0 amide bonds. The molecule has 1 aromatic heterocycles. The van der Waals surface area contributed by atoms with E-state index in [1.54, 1.807) is 0 Å². The van der Waals surface area contributed by atoms with Crippen molar-refractivity contribution in [2.24, 2.45) is 7.05 Å². The molecule has 0 bridgehead atoms. The Balaban J connectivity index is 2.21. The molecular weight excluding hydrogens is 212 g/mol. The fraction of sp³-hybridized carbons (Fsp3) is 0.769. The van der Waals surface area contributed by atoms with Crippen molar-refractivity contribution in [1.82, 2.24) is 20.0 Å². The minimum absolute atomic E-state index is 0.133. The summed E-state index contributed by atoms with van der Waals surface area (Å²) in [6.07, 6.45) is 6.73. The van der Waals surface area contributed by atoms with Crippen LogP contribution < -0.4 is 5.32 Å². The standard InChI is InChI=1S/C13H24N4/c1-13(2,17-7-5-6-8-17)12(14-3)11-9-15-16(4)10-11/h9-10,12,14H,5-8H2,1-4H3. The number of aromatic nitrogens is 2.